The van der Waals surface area contributed by atoms with Crippen molar-refractivity contribution in [2.45, 2.75) is 13.5 Å². The average Bonchev–Trinajstić information content (AvgIpc) is 3.12. The maximum atomic E-state index is 12.5. The van der Waals surface area contributed by atoms with Gasteiger partial charge in [-0.15, -0.1) is 0 Å². The fourth-order valence-corrected chi connectivity index (χ4v) is 2.80. The highest BCUT2D eigenvalue weighted by Gasteiger charge is 2.20. The molecule has 0 bridgehead atoms. The number of rotatable bonds is 5. The first kappa shape index (κ1) is 17.6. The average molecular weight is 355 g/mol. The number of benzene rings is 1. The lowest BCUT2D eigenvalue weighted by Crippen LogP contribution is -2.21. The number of nitrogens with zero attached hydrogens (tertiary/aromatic N) is 2. The summed E-state index contributed by atoms with van der Waals surface area (Å²) in [5.74, 6) is -0.0545. The molecule has 0 fully saturated rings. The minimum absolute atomic E-state index is 0.0255. The molecule has 3 rings (SSSR count). The smallest absolute Gasteiger partial charge is 0.354 e. The van der Waals surface area contributed by atoms with E-state index in [1.54, 1.807) is 16.7 Å². The molecule has 0 atom stereocenters. The van der Waals surface area contributed by atoms with Crippen LogP contribution in [0, 0.1) is 6.92 Å². The van der Waals surface area contributed by atoms with Crippen molar-refractivity contribution in [3.63, 3.8) is 0 Å². The van der Waals surface area contributed by atoms with E-state index in [1.165, 1.54) is 7.11 Å². The van der Waals surface area contributed by atoms with E-state index in [-0.39, 0.29) is 18.1 Å². The second-order valence-corrected chi connectivity index (χ2v) is 6.20. The molecular formula is C19H21N3O4. The molecule has 3 aromatic rings. The minimum atomic E-state index is -0.516. The maximum Gasteiger partial charge on any atom is 0.354 e. The molecule has 0 saturated heterocycles. The van der Waals surface area contributed by atoms with Crippen molar-refractivity contribution in [1.29, 1.82) is 0 Å². The Morgan fingerprint density at radius 3 is 2.50 bits per heavy atom. The summed E-state index contributed by atoms with van der Waals surface area (Å²) in [5.41, 5.74) is 3.23. The Balaban J connectivity index is 1.83. The van der Waals surface area contributed by atoms with E-state index in [9.17, 15) is 9.59 Å². The summed E-state index contributed by atoms with van der Waals surface area (Å²) in [4.78, 5) is 26.5. The van der Waals surface area contributed by atoms with Gasteiger partial charge in [0.25, 0.3) is 0 Å². The van der Waals surface area contributed by atoms with Crippen LogP contribution in [0.3, 0.4) is 0 Å². The second-order valence-electron chi connectivity index (χ2n) is 6.20. The van der Waals surface area contributed by atoms with Crippen LogP contribution in [0.25, 0.3) is 11.1 Å². The van der Waals surface area contributed by atoms with Gasteiger partial charge in [0, 0.05) is 37.6 Å². The van der Waals surface area contributed by atoms with Crippen molar-refractivity contribution in [2.24, 2.45) is 0 Å². The van der Waals surface area contributed by atoms with Crippen molar-refractivity contribution in [3.05, 3.63) is 47.9 Å². The highest BCUT2D eigenvalue weighted by atomic mass is 16.5. The minimum Gasteiger partial charge on any atom is -0.464 e. The van der Waals surface area contributed by atoms with E-state index in [4.69, 9.17) is 9.15 Å². The first-order valence-electron chi connectivity index (χ1n) is 8.14. The van der Waals surface area contributed by atoms with Gasteiger partial charge in [0.2, 0.25) is 5.91 Å². The van der Waals surface area contributed by atoms with E-state index in [2.05, 4.69) is 5.32 Å². The van der Waals surface area contributed by atoms with Crippen LogP contribution in [-0.2, 0) is 16.1 Å². The molecule has 1 N–H and O–H groups in total. The van der Waals surface area contributed by atoms with Crippen LogP contribution in [0.4, 0.5) is 11.4 Å². The topological polar surface area (TPSA) is 76.7 Å². The summed E-state index contributed by atoms with van der Waals surface area (Å²) in [5, 5.41) is 2.84. The number of hydrogen-bond donors (Lipinski definition) is 1. The van der Waals surface area contributed by atoms with Gasteiger partial charge in [-0.3, -0.25) is 4.79 Å². The van der Waals surface area contributed by atoms with Crippen LogP contribution in [0.5, 0.6) is 0 Å². The quantitative estimate of drug-likeness (QED) is 0.712. The number of fused-ring (bicyclic) bond motifs is 1. The number of aryl methyl sites for hydroxylation is 1. The zero-order valence-corrected chi connectivity index (χ0v) is 15.2. The van der Waals surface area contributed by atoms with Gasteiger partial charge >= 0.3 is 5.97 Å². The molecule has 26 heavy (non-hydrogen) atoms. The summed E-state index contributed by atoms with van der Waals surface area (Å²) in [7, 11) is 5.21. The first-order valence-corrected chi connectivity index (χ1v) is 8.14. The van der Waals surface area contributed by atoms with E-state index >= 15 is 0 Å². The standard InChI is InChI=1S/C19H21N3O4/c1-12-9-15-17(26-12)10-16(19(24)25-4)22(15)11-18(23)20-13-5-7-14(8-6-13)21(2)3/h5-10H,11H2,1-4H3,(H,20,23). The number of amides is 1. The molecule has 0 aliphatic heterocycles. The van der Waals surface area contributed by atoms with Gasteiger partial charge in [0.15, 0.2) is 5.58 Å². The fourth-order valence-electron chi connectivity index (χ4n) is 2.80. The molecule has 1 aromatic carbocycles. The lowest BCUT2D eigenvalue weighted by Gasteiger charge is -2.13. The number of methoxy groups -OCH3 is 1. The Morgan fingerprint density at radius 1 is 1.19 bits per heavy atom. The van der Waals surface area contributed by atoms with Crippen LogP contribution < -0.4 is 10.2 Å². The van der Waals surface area contributed by atoms with Gasteiger partial charge in [0.1, 0.15) is 18.0 Å². The summed E-state index contributed by atoms with van der Waals surface area (Å²) < 4.78 is 12.0. The number of aromatic nitrogens is 1. The Morgan fingerprint density at radius 2 is 1.88 bits per heavy atom. The van der Waals surface area contributed by atoms with Gasteiger partial charge in [-0.2, -0.15) is 0 Å². The van der Waals surface area contributed by atoms with Crippen molar-refractivity contribution in [2.75, 3.05) is 31.4 Å². The van der Waals surface area contributed by atoms with Gasteiger partial charge in [0.05, 0.1) is 12.6 Å². The Bertz CT molecular complexity index is 951. The molecule has 2 aromatic heterocycles. The highest BCUT2D eigenvalue weighted by molar-refractivity contribution is 5.97. The van der Waals surface area contributed by atoms with Crippen LogP contribution in [-0.4, -0.2) is 37.6 Å². The van der Waals surface area contributed by atoms with Crippen LogP contribution in [0.2, 0.25) is 0 Å². The summed E-state index contributed by atoms with van der Waals surface area (Å²) in [6.45, 7) is 1.79. The van der Waals surface area contributed by atoms with Crippen molar-refractivity contribution in [1.82, 2.24) is 4.57 Å². The number of ether oxygens (including phenoxy) is 1. The Labute approximate surface area is 151 Å². The molecule has 1 amide bonds. The number of nitrogens with one attached hydrogen (secondary N) is 1. The van der Waals surface area contributed by atoms with Crippen molar-refractivity contribution >= 4 is 34.4 Å². The molecule has 136 valence electrons. The maximum absolute atomic E-state index is 12.5. The molecule has 2 heterocycles. The van der Waals surface area contributed by atoms with Crippen LogP contribution >= 0.6 is 0 Å². The zero-order valence-electron chi connectivity index (χ0n) is 15.2. The van der Waals surface area contributed by atoms with Gasteiger partial charge in [-0.05, 0) is 31.2 Å². The molecule has 7 heteroatoms. The molecule has 0 saturated carbocycles. The zero-order chi connectivity index (χ0) is 18.8. The van der Waals surface area contributed by atoms with Gasteiger partial charge in [-0.25, -0.2) is 4.79 Å². The van der Waals surface area contributed by atoms with Crippen molar-refractivity contribution in [3.8, 4) is 0 Å². The SMILES string of the molecule is COC(=O)c1cc2oc(C)cc2n1CC(=O)Nc1ccc(N(C)C)cc1. The third-order valence-electron chi connectivity index (χ3n) is 4.08. The monoisotopic (exact) mass is 355 g/mol. The second kappa shape index (κ2) is 6.95. The van der Waals surface area contributed by atoms with E-state index < -0.39 is 5.97 Å². The number of furan rings is 1. The molecule has 0 aliphatic carbocycles. The molecule has 0 spiro atoms. The molecular weight excluding hydrogens is 334 g/mol. The Hall–Kier alpha value is -3.22. The third kappa shape index (κ3) is 3.42. The number of esters is 1. The summed E-state index contributed by atoms with van der Waals surface area (Å²) >= 11 is 0. The summed E-state index contributed by atoms with van der Waals surface area (Å²) in [6, 6.07) is 10.9. The first-order chi connectivity index (χ1) is 12.4. The lowest BCUT2D eigenvalue weighted by atomic mass is 10.2. The number of carbonyl (C=O) groups is 2. The largest absolute Gasteiger partial charge is 0.464 e. The van der Waals surface area contributed by atoms with Crippen LogP contribution in [0.15, 0.2) is 40.8 Å². The van der Waals surface area contributed by atoms with Gasteiger partial charge in [-0.1, -0.05) is 0 Å². The lowest BCUT2D eigenvalue weighted by molar-refractivity contribution is -0.116. The Kier molecular flexibility index (Phi) is 4.71. The van der Waals surface area contributed by atoms with Crippen LogP contribution in [0.1, 0.15) is 16.2 Å². The highest BCUT2D eigenvalue weighted by Crippen LogP contribution is 2.24. The molecule has 0 radical (unpaired) electrons. The number of hydrogen-bond acceptors (Lipinski definition) is 5. The predicted molar refractivity (Wildman–Crippen MR) is 99.7 cm³/mol. The van der Waals surface area contributed by atoms with Gasteiger partial charge < -0.3 is 23.9 Å². The molecule has 0 unspecified atom stereocenters. The van der Waals surface area contributed by atoms with E-state index in [0.29, 0.717) is 22.5 Å². The molecule has 0 aliphatic rings. The predicted octanol–water partition coefficient (Wildman–Crippen LogP) is 3.03. The van der Waals surface area contributed by atoms with E-state index in [1.807, 2.05) is 50.2 Å². The number of carbonyl (C=O) groups excluding carboxylic acids is 2. The van der Waals surface area contributed by atoms with Crippen molar-refractivity contribution < 1.29 is 18.7 Å². The fraction of sp³-hybridized carbons (Fsp3) is 0.263. The normalized spacial score (nSPS) is 10.8. The van der Waals surface area contributed by atoms with E-state index in [0.717, 1.165) is 5.69 Å². The third-order valence-corrected chi connectivity index (χ3v) is 4.08. The summed E-state index contributed by atoms with van der Waals surface area (Å²) in [6.07, 6.45) is 0. The number of anilines is 2. The molecule has 7 nitrogen and oxygen atoms in total.